The normalized spacial score (nSPS) is 17.5. The van der Waals surface area contributed by atoms with Crippen LogP contribution in [0.15, 0.2) is 10.7 Å². The molecule has 0 unspecified atom stereocenters. The Balaban J connectivity index is 1.88. The molecule has 1 aliphatic heterocycles. The number of amides is 2. The van der Waals surface area contributed by atoms with Crippen molar-refractivity contribution in [3.8, 4) is 0 Å². The highest BCUT2D eigenvalue weighted by Crippen LogP contribution is 2.17. The smallest absolute Gasteiger partial charge is 0.325 e. The van der Waals surface area contributed by atoms with E-state index in [2.05, 4.69) is 17.2 Å². The molecule has 0 atom stereocenters. The topological polar surface area (TPSA) is 58.4 Å². The fraction of sp³-hybridized carbons (Fsp3) is 0.636. The van der Waals surface area contributed by atoms with Crippen LogP contribution in [0.4, 0.5) is 10.8 Å². The van der Waals surface area contributed by atoms with Crippen molar-refractivity contribution in [2.75, 3.05) is 18.4 Å². The summed E-state index contributed by atoms with van der Waals surface area (Å²) in [5.41, 5.74) is 0.766. The van der Waals surface area contributed by atoms with Gasteiger partial charge < -0.3 is 9.32 Å². The molecule has 0 saturated carbocycles. The van der Waals surface area contributed by atoms with Crippen LogP contribution >= 0.6 is 0 Å². The Bertz CT molecular complexity index is 367. The molecule has 2 amide bonds. The molecule has 5 heteroatoms. The number of nitrogens with one attached hydrogen (secondary N) is 1. The summed E-state index contributed by atoms with van der Waals surface area (Å²) >= 11 is 0. The van der Waals surface area contributed by atoms with E-state index in [0.717, 1.165) is 31.6 Å². The van der Waals surface area contributed by atoms with E-state index in [1.54, 1.807) is 4.90 Å². The Morgan fingerprint density at radius 3 is 2.81 bits per heavy atom. The van der Waals surface area contributed by atoms with Crippen LogP contribution in [-0.2, 0) is 0 Å². The first-order chi connectivity index (χ1) is 7.65. The van der Waals surface area contributed by atoms with E-state index in [1.807, 2.05) is 6.92 Å². The van der Waals surface area contributed by atoms with Crippen LogP contribution in [0, 0.1) is 12.8 Å². The minimum atomic E-state index is -0.117. The molecule has 0 aromatic carbocycles. The summed E-state index contributed by atoms with van der Waals surface area (Å²) in [6.07, 6.45) is 3.66. The van der Waals surface area contributed by atoms with Crippen LogP contribution in [0.5, 0.6) is 0 Å². The van der Waals surface area contributed by atoms with Gasteiger partial charge in [0.05, 0.1) is 5.69 Å². The van der Waals surface area contributed by atoms with Gasteiger partial charge in [-0.05, 0) is 25.7 Å². The van der Waals surface area contributed by atoms with E-state index in [0.29, 0.717) is 5.92 Å². The Morgan fingerprint density at radius 2 is 2.25 bits per heavy atom. The fourth-order valence-electron chi connectivity index (χ4n) is 1.79. The maximum atomic E-state index is 11.8. The Kier molecular flexibility index (Phi) is 3.12. The number of aryl methyl sites for hydroxylation is 1. The molecule has 0 bridgehead atoms. The minimum Gasteiger partial charge on any atom is -0.432 e. The molecule has 0 spiro atoms. The minimum absolute atomic E-state index is 0.117. The highest BCUT2D eigenvalue weighted by atomic mass is 16.4. The predicted molar refractivity (Wildman–Crippen MR) is 60.2 cm³/mol. The molecule has 1 fully saturated rings. The molecule has 1 N–H and O–H groups in total. The fourth-order valence-corrected chi connectivity index (χ4v) is 1.79. The van der Waals surface area contributed by atoms with Crippen molar-refractivity contribution in [2.24, 2.45) is 5.92 Å². The first kappa shape index (κ1) is 11.0. The average Bonchev–Trinajstić information content (AvgIpc) is 2.65. The van der Waals surface area contributed by atoms with Crippen molar-refractivity contribution in [3.63, 3.8) is 0 Å². The highest BCUT2D eigenvalue weighted by molar-refractivity contribution is 5.87. The van der Waals surface area contributed by atoms with Crippen molar-refractivity contribution in [3.05, 3.63) is 12.0 Å². The molecule has 2 rings (SSSR count). The van der Waals surface area contributed by atoms with Gasteiger partial charge in [0.1, 0.15) is 6.26 Å². The summed E-state index contributed by atoms with van der Waals surface area (Å²) in [4.78, 5) is 17.6. The van der Waals surface area contributed by atoms with E-state index in [-0.39, 0.29) is 12.0 Å². The van der Waals surface area contributed by atoms with E-state index in [1.165, 1.54) is 6.26 Å². The van der Waals surface area contributed by atoms with Gasteiger partial charge in [-0.2, -0.15) is 4.98 Å². The lowest BCUT2D eigenvalue weighted by Gasteiger charge is -2.29. The van der Waals surface area contributed by atoms with Gasteiger partial charge in [-0.15, -0.1) is 0 Å². The van der Waals surface area contributed by atoms with Crippen LogP contribution < -0.4 is 5.32 Å². The quantitative estimate of drug-likeness (QED) is 0.794. The highest BCUT2D eigenvalue weighted by Gasteiger charge is 2.21. The maximum absolute atomic E-state index is 11.8. The third-order valence-corrected chi connectivity index (χ3v) is 2.90. The molecule has 16 heavy (non-hydrogen) atoms. The zero-order valence-electron chi connectivity index (χ0n) is 9.69. The molecule has 1 saturated heterocycles. The third-order valence-electron chi connectivity index (χ3n) is 2.90. The SMILES string of the molecule is Cc1coc(NC(=O)N2CCC(C)CC2)n1. The van der Waals surface area contributed by atoms with Gasteiger partial charge in [-0.3, -0.25) is 5.32 Å². The van der Waals surface area contributed by atoms with E-state index < -0.39 is 0 Å². The number of carbonyl (C=O) groups excluding carboxylic acids is 1. The van der Waals surface area contributed by atoms with Crippen LogP contribution in [0.1, 0.15) is 25.5 Å². The summed E-state index contributed by atoms with van der Waals surface area (Å²) < 4.78 is 5.08. The number of piperidine rings is 1. The van der Waals surface area contributed by atoms with E-state index in [9.17, 15) is 4.79 Å². The Labute approximate surface area is 94.8 Å². The number of likely N-dealkylation sites (tertiary alicyclic amines) is 1. The summed E-state index contributed by atoms with van der Waals surface area (Å²) in [6, 6.07) is 0.162. The Morgan fingerprint density at radius 1 is 1.56 bits per heavy atom. The number of urea groups is 1. The van der Waals surface area contributed by atoms with Crippen molar-refractivity contribution >= 4 is 12.0 Å². The molecule has 1 aromatic heterocycles. The standard InChI is InChI=1S/C11H17N3O2/c1-8-3-5-14(6-4-8)11(15)13-10-12-9(2)7-16-10/h7-8H,3-6H2,1-2H3,(H,12,13,15). The van der Waals surface area contributed by atoms with Crippen molar-refractivity contribution < 1.29 is 9.21 Å². The molecule has 5 nitrogen and oxygen atoms in total. The molecule has 2 heterocycles. The number of anilines is 1. The second-order valence-electron chi connectivity index (χ2n) is 4.39. The third kappa shape index (κ3) is 2.53. The number of hydrogen-bond acceptors (Lipinski definition) is 3. The first-order valence-electron chi connectivity index (χ1n) is 5.63. The molecule has 0 radical (unpaired) electrons. The van der Waals surface area contributed by atoms with Crippen LogP contribution in [0.25, 0.3) is 0 Å². The molecule has 1 aromatic rings. The number of oxazole rings is 1. The van der Waals surface area contributed by atoms with Crippen LogP contribution in [0.2, 0.25) is 0 Å². The number of rotatable bonds is 1. The van der Waals surface area contributed by atoms with E-state index >= 15 is 0 Å². The van der Waals surface area contributed by atoms with Crippen molar-refractivity contribution in [1.82, 2.24) is 9.88 Å². The second-order valence-corrected chi connectivity index (χ2v) is 4.39. The van der Waals surface area contributed by atoms with Crippen molar-refractivity contribution in [2.45, 2.75) is 26.7 Å². The molecular weight excluding hydrogens is 206 g/mol. The van der Waals surface area contributed by atoms with Crippen LogP contribution in [0.3, 0.4) is 0 Å². The van der Waals surface area contributed by atoms with E-state index in [4.69, 9.17) is 4.42 Å². The predicted octanol–water partition coefficient (Wildman–Crippen LogP) is 2.25. The van der Waals surface area contributed by atoms with Gasteiger partial charge >= 0.3 is 12.0 Å². The lowest BCUT2D eigenvalue weighted by atomic mass is 10.00. The number of carbonyl (C=O) groups is 1. The van der Waals surface area contributed by atoms with Gasteiger partial charge in [0.25, 0.3) is 0 Å². The monoisotopic (exact) mass is 223 g/mol. The van der Waals surface area contributed by atoms with Gasteiger partial charge in [-0.25, -0.2) is 4.79 Å². The first-order valence-corrected chi connectivity index (χ1v) is 5.63. The zero-order chi connectivity index (χ0) is 11.5. The average molecular weight is 223 g/mol. The summed E-state index contributed by atoms with van der Waals surface area (Å²) in [6.45, 7) is 5.66. The molecule has 88 valence electrons. The number of aromatic nitrogens is 1. The summed E-state index contributed by atoms with van der Waals surface area (Å²) in [5, 5.41) is 2.66. The summed E-state index contributed by atoms with van der Waals surface area (Å²) in [5.74, 6) is 0.716. The Hall–Kier alpha value is -1.52. The number of hydrogen-bond donors (Lipinski definition) is 1. The van der Waals surface area contributed by atoms with Gasteiger partial charge in [-0.1, -0.05) is 6.92 Å². The molecule has 0 aliphatic carbocycles. The van der Waals surface area contributed by atoms with Crippen molar-refractivity contribution in [1.29, 1.82) is 0 Å². The zero-order valence-corrected chi connectivity index (χ0v) is 9.69. The molecule has 1 aliphatic rings. The lowest BCUT2D eigenvalue weighted by molar-refractivity contribution is 0.186. The lowest BCUT2D eigenvalue weighted by Crippen LogP contribution is -2.40. The number of nitrogens with zero attached hydrogens (tertiary/aromatic N) is 2. The van der Waals surface area contributed by atoms with Gasteiger partial charge in [0.15, 0.2) is 0 Å². The van der Waals surface area contributed by atoms with Gasteiger partial charge in [0.2, 0.25) is 0 Å². The molecular formula is C11H17N3O2. The maximum Gasteiger partial charge on any atom is 0.325 e. The summed E-state index contributed by atoms with van der Waals surface area (Å²) in [7, 11) is 0. The largest absolute Gasteiger partial charge is 0.432 e. The second kappa shape index (κ2) is 4.55. The van der Waals surface area contributed by atoms with Gasteiger partial charge in [0, 0.05) is 13.1 Å². The van der Waals surface area contributed by atoms with Crippen LogP contribution in [-0.4, -0.2) is 29.0 Å².